The Balaban J connectivity index is 1.80. The summed E-state index contributed by atoms with van der Waals surface area (Å²) < 4.78 is 0.963. The molecule has 0 bridgehead atoms. The number of nitrogens with zero attached hydrogens (tertiary/aromatic N) is 2. The highest BCUT2D eigenvalue weighted by Crippen LogP contribution is 2.27. The van der Waals surface area contributed by atoms with Crippen molar-refractivity contribution in [2.75, 3.05) is 23.3 Å². The summed E-state index contributed by atoms with van der Waals surface area (Å²) >= 11 is 3.39. The van der Waals surface area contributed by atoms with E-state index in [2.05, 4.69) is 31.1 Å². The Hall–Kier alpha value is -1.92. The predicted octanol–water partition coefficient (Wildman–Crippen LogP) is 3.69. The van der Waals surface area contributed by atoms with Gasteiger partial charge in [-0.05, 0) is 56.2 Å². The second kappa shape index (κ2) is 7.97. The molecular weight excluding hydrogens is 382 g/mol. The normalized spacial score (nSPS) is 18.7. The van der Waals surface area contributed by atoms with Crippen molar-refractivity contribution in [3.8, 4) is 0 Å². The molecule has 1 amide bonds. The van der Waals surface area contributed by atoms with Gasteiger partial charge in [-0.1, -0.05) is 15.9 Å². The van der Waals surface area contributed by atoms with Gasteiger partial charge in [0.1, 0.15) is 5.82 Å². The highest BCUT2D eigenvalue weighted by molar-refractivity contribution is 9.10. The number of aromatic nitrogens is 1. The summed E-state index contributed by atoms with van der Waals surface area (Å²) in [6.07, 6.45) is 3.34. The minimum Gasteiger partial charge on any atom is -0.393 e. The van der Waals surface area contributed by atoms with Crippen LogP contribution in [0.15, 0.2) is 47.1 Å². The van der Waals surface area contributed by atoms with Crippen molar-refractivity contribution in [2.24, 2.45) is 5.92 Å². The van der Waals surface area contributed by atoms with E-state index in [0.717, 1.165) is 29.5 Å². The van der Waals surface area contributed by atoms with E-state index in [-0.39, 0.29) is 17.9 Å². The third-order valence-electron chi connectivity index (χ3n) is 4.57. The second-order valence-corrected chi connectivity index (χ2v) is 7.34. The number of aliphatic hydroxyl groups is 1. The van der Waals surface area contributed by atoms with Gasteiger partial charge in [0.15, 0.2) is 0 Å². The fourth-order valence-corrected chi connectivity index (χ4v) is 3.42. The van der Waals surface area contributed by atoms with Crippen LogP contribution in [0.2, 0.25) is 0 Å². The van der Waals surface area contributed by atoms with E-state index in [1.165, 1.54) is 0 Å². The first-order valence-corrected chi connectivity index (χ1v) is 9.29. The Labute approximate surface area is 156 Å². The lowest BCUT2D eigenvalue weighted by molar-refractivity contribution is 0.102. The number of piperidine rings is 1. The first kappa shape index (κ1) is 17.9. The van der Waals surface area contributed by atoms with Gasteiger partial charge in [-0.15, -0.1) is 0 Å². The van der Waals surface area contributed by atoms with Gasteiger partial charge >= 0.3 is 0 Å². The average Bonchev–Trinajstić information content (AvgIpc) is 2.63. The maximum atomic E-state index is 12.7. The molecule has 1 fully saturated rings. The number of benzene rings is 1. The van der Waals surface area contributed by atoms with Crippen molar-refractivity contribution < 1.29 is 9.90 Å². The summed E-state index contributed by atoms with van der Waals surface area (Å²) in [5, 5.41) is 12.8. The number of pyridine rings is 1. The zero-order chi connectivity index (χ0) is 17.8. The number of hydrogen-bond donors (Lipinski definition) is 2. The predicted molar refractivity (Wildman–Crippen MR) is 103 cm³/mol. The van der Waals surface area contributed by atoms with E-state index in [9.17, 15) is 9.90 Å². The van der Waals surface area contributed by atoms with E-state index in [4.69, 9.17) is 0 Å². The minimum absolute atomic E-state index is 0.176. The molecule has 2 N–H and O–H groups in total. The van der Waals surface area contributed by atoms with Gasteiger partial charge in [0.05, 0.1) is 11.7 Å². The van der Waals surface area contributed by atoms with Gasteiger partial charge in [0, 0.05) is 35.4 Å². The molecule has 1 aromatic carbocycles. The van der Waals surface area contributed by atoms with Crippen LogP contribution >= 0.6 is 15.9 Å². The van der Waals surface area contributed by atoms with Crippen LogP contribution in [0.25, 0.3) is 0 Å². The molecular formula is C19H22BrN3O2. The summed E-state index contributed by atoms with van der Waals surface area (Å²) in [7, 11) is 0. The molecule has 0 aliphatic carbocycles. The quantitative estimate of drug-likeness (QED) is 0.816. The van der Waals surface area contributed by atoms with Crippen LogP contribution in [-0.4, -0.2) is 35.2 Å². The lowest BCUT2D eigenvalue weighted by Gasteiger charge is -2.35. The molecule has 0 spiro atoms. The van der Waals surface area contributed by atoms with Crippen molar-refractivity contribution in [2.45, 2.75) is 25.9 Å². The van der Waals surface area contributed by atoms with E-state index in [0.29, 0.717) is 17.9 Å². The molecule has 2 aromatic rings. The number of carbonyl (C=O) groups is 1. The van der Waals surface area contributed by atoms with Crippen LogP contribution in [0.1, 0.15) is 30.1 Å². The summed E-state index contributed by atoms with van der Waals surface area (Å²) in [5.74, 6) is 0.713. The van der Waals surface area contributed by atoms with Crippen molar-refractivity contribution in [1.29, 1.82) is 0 Å². The maximum Gasteiger partial charge on any atom is 0.259 e. The molecule has 132 valence electrons. The molecule has 1 aliphatic heterocycles. The van der Waals surface area contributed by atoms with Crippen LogP contribution in [0, 0.1) is 5.92 Å². The summed E-state index contributed by atoms with van der Waals surface area (Å²) in [5.41, 5.74) is 1.29. The topological polar surface area (TPSA) is 65.5 Å². The van der Waals surface area contributed by atoms with Crippen LogP contribution < -0.4 is 10.2 Å². The third-order valence-corrected chi connectivity index (χ3v) is 5.10. The average molecular weight is 404 g/mol. The molecule has 0 radical (unpaired) electrons. The van der Waals surface area contributed by atoms with E-state index in [1.807, 2.05) is 31.2 Å². The monoisotopic (exact) mass is 403 g/mol. The number of anilines is 2. The molecule has 0 saturated carbocycles. The van der Waals surface area contributed by atoms with Crippen LogP contribution in [0.4, 0.5) is 11.5 Å². The number of carbonyl (C=O) groups excluding carboxylic acids is 1. The third kappa shape index (κ3) is 4.38. The lowest BCUT2D eigenvalue weighted by Crippen LogP contribution is -2.40. The highest BCUT2D eigenvalue weighted by atomic mass is 79.9. The molecule has 3 rings (SSSR count). The summed E-state index contributed by atoms with van der Waals surface area (Å²) in [4.78, 5) is 19.3. The second-order valence-electron chi connectivity index (χ2n) is 6.42. The Kier molecular flexibility index (Phi) is 5.71. The van der Waals surface area contributed by atoms with Gasteiger partial charge < -0.3 is 15.3 Å². The SMILES string of the molecule is CC(O)C1CCCN(c2ncccc2C(=O)Nc2ccc(Br)cc2)C1. The maximum absolute atomic E-state index is 12.7. The summed E-state index contributed by atoms with van der Waals surface area (Å²) in [6.45, 7) is 3.39. The number of aliphatic hydroxyl groups excluding tert-OH is 1. The first-order chi connectivity index (χ1) is 12.0. The Morgan fingerprint density at radius 2 is 2.12 bits per heavy atom. The zero-order valence-electron chi connectivity index (χ0n) is 14.2. The van der Waals surface area contributed by atoms with Gasteiger partial charge in [0.2, 0.25) is 0 Å². The number of nitrogens with one attached hydrogen (secondary N) is 1. The Morgan fingerprint density at radius 3 is 2.84 bits per heavy atom. The molecule has 2 unspecified atom stereocenters. The Morgan fingerprint density at radius 1 is 1.36 bits per heavy atom. The number of amides is 1. The molecule has 5 nitrogen and oxygen atoms in total. The molecule has 6 heteroatoms. The molecule has 25 heavy (non-hydrogen) atoms. The van der Waals surface area contributed by atoms with Crippen LogP contribution in [0.5, 0.6) is 0 Å². The molecule has 2 heterocycles. The lowest BCUT2D eigenvalue weighted by atomic mass is 9.93. The van der Waals surface area contributed by atoms with Crippen molar-refractivity contribution in [3.05, 3.63) is 52.6 Å². The molecule has 2 atom stereocenters. The minimum atomic E-state index is -0.355. The number of rotatable bonds is 4. The highest BCUT2D eigenvalue weighted by Gasteiger charge is 2.26. The van der Waals surface area contributed by atoms with Crippen LogP contribution in [-0.2, 0) is 0 Å². The van der Waals surface area contributed by atoms with Gasteiger partial charge in [-0.25, -0.2) is 4.98 Å². The van der Waals surface area contributed by atoms with E-state index >= 15 is 0 Å². The smallest absolute Gasteiger partial charge is 0.259 e. The van der Waals surface area contributed by atoms with Crippen molar-refractivity contribution >= 4 is 33.3 Å². The fraction of sp³-hybridized carbons (Fsp3) is 0.368. The number of halogens is 1. The molecule has 1 aliphatic rings. The van der Waals surface area contributed by atoms with Crippen LogP contribution in [0.3, 0.4) is 0 Å². The molecule has 1 aromatic heterocycles. The fourth-order valence-electron chi connectivity index (χ4n) is 3.15. The standard InChI is InChI=1S/C19H22BrN3O2/c1-13(24)14-4-3-11-23(12-14)18-17(5-2-10-21-18)19(25)22-16-8-6-15(20)7-9-16/h2,5-10,13-14,24H,3-4,11-12H2,1H3,(H,22,25). The van der Waals surface area contributed by atoms with Crippen molar-refractivity contribution in [1.82, 2.24) is 4.98 Å². The first-order valence-electron chi connectivity index (χ1n) is 8.49. The molecule has 1 saturated heterocycles. The summed E-state index contributed by atoms with van der Waals surface area (Å²) in [6, 6.07) is 11.0. The van der Waals surface area contributed by atoms with Gasteiger partial charge in [-0.2, -0.15) is 0 Å². The van der Waals surface area contributed by atoms with E-state index < -0.39 is 0 Å². The van der Waals surface area contributed by atoms with E-state index in [1.54, 1.807) is 18.3 Å². The Bertz CT molecular complexity index is 734. The van der Waals surface area contributed by atoms with Gasteiger partial charge in [0.25, 0.3) is 5.91 Å². The van der Waals surface area contributed by atoms with Gasteiger partial charge in [-0.3, -0.25) is 4.79 Å². The largest absolute Gasteiger partial charge is 0.393 e. The zero-order valence-corrected chi connectivity index (χ0v) is 15.7. The number of hydrogen-bond acceptors (Lipinski definition) is 4. The van der Waals surface area contributed by atoms with Crippen molar-refractivity contribution in [3.63, 3.8) is 0 Å².